The highest BCUT2D eigenvalue weighted by Crippen LogP contribution is 2.13. The standard InChI is InChI=1S/C24H52N3O3/c1-3-5-7-9-11-13-15-17-19-21-23(25)29-27(28)30-24(26)22-20-18-16-14-12-10-8-6-4-2/h23-24H,3-22,25-26H2,1-2H3/q+1. The van der Waals surface area contributed by atoms with E-state index in [1.165, 1.54) is 89.9 Å². The van der Waals surface area contributed by atoms with Gasteiger partial charge in [0.2, 0.25) is 12.5 Å². The Morgan fingerprint density at radius 1 is 0.533 bits per heavy atom. The molecule has 180 valence electrons. The molecule has 0 saturated carbocycles. The molecular formula is C24H52N3O3+. The van der Waals surface area contributed by atoms with Crippen molar-refractivity contribution in [3.05, 3.63) is 4.91 Å². The van der Waals surface area contributed by atoms with Crippen LogP contribution in [0, 0.1) is 4.91 Å². The van der Waals surface area contributed by atoms with E-state index in [-0.39, 0.29) is 5.09 Å². The summed E-state index contributed by atoms with van der Waals surface area (Å²) in [6.45, 7) is 4.48. The maximum absolute atomic E-state index is 11.7. The Morgan fingerprint density at radius 2 is 0.800 bits per heavy atom. The van der Waals surface area contributed by atoms with Crippen molar-refractivity contribution in [1.82, 2.24) is 0 Å². The summed E-state index contributed by atoms with van der Waals surface area (Å²) in [7, 11) is 0. The van der Waals surface area contributed by atoms with Gasteiger partial charge in [-0.05, 0) is 12.8 Å². The molecule has 0 aromatic heterocycles. The van der Waals surface area contributed by atoms with Gasteiger partial charge in [-0.3, -0.25) is 11.5 Å². The lowest BCUT2D eigenvalue weighted by Crippen LogP contribution is -2.34. The van der Waals surface area contributed by atoms with Gasteiger partial charge in [-0.25, -0.2) is 0 Å². The summed E-state index contributed by atoms with van der Waals surface area (Å²) >= 11 is 0. The fourth-order valence-corrected chi connectivity index (χ4v) is 3.66. The molecule has 0 aliphatic heterocycles. The quantitative estimate of drug-likeness (QED) is 0.0973. The van der Waals surface area contributed by atoms with Gasteiger partial charge in [0, 0.05) is 12.8 Å². The number of hydrogen-bond donors (Lipinski definition) is 2. The molecular weight excluding hydrogens is 378 g/mol. The van der Waals surface area contributed by atoms with Gasteiger partial charge >= 0.3 is 5.09 Å². The highest BCUT2D eigenvalue weighted by molar-refractivity contribution is 4.51. The first-order valence-corrected chi connectivity index (χ1v) is 12.9. The zero-order valence-corrected chi connectivity index (χ0v) is 20.1. The highest BCUT2D eigenvalue weighted by Gasteiger charge is 2.22. The third-order valence-electron chi connectivity index (χ3n) is 5.63. The second-order valence-corrected chi connectivity index (χ2v) is 8.75. The molecule has 0 rings (SSSR count). The summed E-state index contributed by atoms with van der Waals surface area (Å²) in [4.78, 5) is 21.8. The van der Waals surface area contributed by atoms with E-state index in [1.807, 2.05) is 0 Å². The van der Waals surface area contributed by atoms with Crippen LogP contribution in [0.5, 0.6) is 0 Å². The summed E-state index contributed by atoms with van der Waals surface area (Å²) in [5.41, 5.74) is 11.7. The third kappa shape index (κ3) is 21.8. The van der Waals surface area contributed by atoms with Crippen molar-refractivity contribution in [2.75, 3.05) is 0 Å². The summed E-state index contributed by atoms with van der Waals surface area (Å²) in [5.74, 6) is 0. The number of unbranched alkanes of at least 4 members (excludes halogenated alkanes) is 16. The molecule has 0 aromatic rings. The van der Waals surface area contributed by atoms with Crippen LogP contribution in [0.15, 0.2) is 0 Å². The van der Waals surface area contributed by atoms with Gasteiger partial charge in [0.1, 0.15) is 4.91 Å². The molecule has 6 nitrogen and oxygen atoms in total. The van der Waals surface area contributed by atoms with Crippen molar-refractivity contribution in [3.63, 3.8) is 0 Å². The van der Waals surface area contributed by atoms with Crippen LogP contribution in [0.3, 0.4) is 0 Å². The lowest BCUT2D eigenvalue weighted by molar-refractivity contribution is -0.992. The Kier molecular flexibility index (Phi) is 22.1. The zero-order valence-electron chi connectivity index (χ0n) is 20.1. The van der Waals surface area contributed by atoms with E-state index < -0.39 is 12.5 Å². The molecule has 0 aliphatic carbocycles. The fourth-order valence-electron chi connectivity index (χ4n) is 3.66. The van der Waals surface area contributed by atoms with Gasteiger partial charge in [0.15, 0.2) is 0 Å². The Bertz CT molecular complexity index is 338. The van der Waals surface area contributed by atoms with Crippen molar-refractivity contribution < 1.29 is 14.8 Å². The lowest BCUT2D eigenvalue weighted by atomic mass is 10.1. The largest absolute Gasteiger partial charge is 0.480 e. The predicted octanol–water partition coefficient (Wildman–Crippen LogP) is 7.04. The zero-order chi connectivity index (χ0) is 22.3. The number of nitrogens with two attached hydrogens (primary N) is 2. The smallest absolute Gasteiger partial charge is 0.290 e. The first-order valence-electron chi connectivity index (χ1n) is 12.9. The molecule has 0 saturated heterocycles. The summed E-state index contributed by atoms with van der Waals surface area (Å²) in [5, 5.41) is 0.108. The number of hydrogen-bond acceptors (Lipinski definition) is 5. The molecule has 0 bridgehead atoms. The Hall–Kier alpha value is -0.880. The first kappa shape index (κ1) is 29.1. The molecule has 0 amide bonds. The van der Waals surface area contributed by atoms with Crippen LogP contribution in [-0.2, 0) is 9.68 Å². The minimum Gasteiger partial charge on any atom is -0.290 e. The van der Waals surface area contributed by atoms with Gasteiger partial charge < -0.3 is 0 Å². The van der Waals surface area contributed by atoms with Crippen molar-refractivity contribution in [2.24, 2.45) is 11.5 Å². The Labute approximate surface area is 186 Å². The molecule has 2 atom stereocenters. The van der Waals surface area contributed by atoms with Crippen molar-refractivity contribution in [3.8, 4) is 0 Å². The summed E-state index contributed by atoms with van der Waals surface area (Å²) < 4.78 is 0. The molecule has 0 fully saturated rings. The van der Waals surface area contributed by atoms with Crippen molar-refractivity contribution >= 4 is 0 Å². The van der Waals surface area contributed by atoms with Crippen LogP contribution in [0.4, 0.5) is 0 Å². The molecule has 0 radical (unpaired) electrons. The van der Waals surface area contributed by atoms with E-state index in [4.69, 9.17) is 21.1 Å². The Morgan fingerprint density at radius 3 is 1.10 bits per heavy atom. The van der Waals surface area contributed by atoms with Crippen LogP contribution in [0.2, 0.25) is 0 Å². The average Bonchev–Trinajstić information content (AvgIpc) is 2.71. The van der Waals surface area contributed by atoms with Crippen LogP contribution in [0.1, 0.15) is 142 Å². The van der Waals surface area contributed by atoms with Gasteiger partial charge in [-0.1, -0.05) is 117 Å². The Balaban J connectivity index is 3.47. The summed E-state index contributed by atoms with van der Waals surface area (Å²) in [6, 6.07) is 0. The first-order chi connectivity index (χ1) is 14.6. The van der Waals surface area contributed by atoms with Gasteiger partial charge in [-0.2, -0.15) is 9.68 Å². The molecule has 0 spiro atoms. The molecule has 0 heterocycles. The molecule has 0 aromatic carbocycles. The van der Waals surface area contributed by atoms with Crippen molar-refractivity contribution in [1.29, 1.82) is 0 Å². The molecule has 6 heteroatoms. The fraction of sp³-hybridized carbons (Fsp3) is 1.00. The summed E-state index contributed by atoms with van der Waals surface area (Å²) in [6.07, 6.45) is 22.6. The van der Waals surface area contributed by atoms with E-state index in [0.29, 0.717) is 12.8 Å². The second kappa shape index (κ2) is 22.8. The number of rotatable bonds is 24. The van der Waals surface area contributed by atoms with Gasteiger partial charge in [0.05, 0.1) is 0 Å². The molecule has 0 aliphatic rings. The van der Waals surface area contributed by atoms with E-state index in [2.05, 4.69) is 13.8 Å². The SMILES string of the molecule is CCCCCCCCCCCC(N)O[N+](=O)OC(N)CCCCCCCCCCC. The van der Waals surface area contributed by atoms with E-state index in [9.17, 15) is 4.91 Å². The van der Waals surface area contributed by atoms with Crippen LogP contribution >= 0.6 is 0 Å². The second-order valence-electron chi connectivity index (χ2n) is 8.75. The molecule has 4 N–H and O–H groups in total. The van der Waals surface area contributed by atoms with Crippen LogP contribution < -0.4 is 11.5 Å². The normalized spacial score (nSPS) is 13.2. The number of nitrogens with zero attached hydrogens (tertiary/aromatic N) is 1. The molecule has 30 heavy (non-hydrogen) atoms. The van der Waals surface area contributed by atoms with E-state index in [1.54, 1.807) is 0 Å². The highest BCUT2D eigenvalue weighted by atomic mass is 17.0. The lowest BCUT2D eigenvalue weighted by Gasteiger charge is -2.08. The van der Waals surface area contributed by atoms with Gasteiger partial charge in [-0.15, -0.1) is 0 Å². The van der Waals surface area contributed by atoms with E-state index >= 15 is 0 Å². The maximum Gasteiger partial charge on any atom is 0.480 e. The third-order valence-corrected chi connectivity index (χ3v) is 5.63. The minimum absolute atomic E-state index is 0.108. The van der Waals surface area contributed by atoms with Crippen molar-refractivity contribution in [2.45, 2.75) is 155 Å². The van der Waals surface area contributed by atoms with E-state index in [0.717, 1.165) is 25.7 Å². The van der Waals surface area contributed by atoms with Crippen LogP contribution in [-0.4, -0.2) is 17.5 Å². The topological polar surface area (TPSA) is 90.6 Å². The van der Waals surface area contributed by atoms with Crippen LogP contribution in [0.25, 0.3) is 0 Å². The molecule has 2 unspecified atom stereocenters. The maximum atomic E-state index is 11.7. The monoisotopic (exact) mass is 430 g/mol. The average molecular weight is 431 g/mol. The minimum atomic E-state index is -0.632. The van der Waals surface area contributed by atoms with Gasteiger partial charge in [0.25, 0.3) is 0 Å². The predicted molar refractivity (Wildman–Crippen MR) is 125 cm³/mol.